The number of benzene rings is 2. The van der Waals surface area contributed by atoms with Crippen molar-refractivity contribution in [2.24, 2.45) is 5.92 Å². The monoisotopic (exact) mass is 692 g/mol. The smallest absolute Gasteiger partial charge is 0.410 e. The van der Waals surface area contributed by atoms with E-state index in [2.05, 4.69) is 16.0 Å². The molecule has 1 saturated carbocycles. The van der Waals surface area contributed by atoms with Crippen LogP contribution in [-0.2, 0) is 26.8 Å². The Hall–Kier alpha value is -3.28. The number of hydrogen-bond acceptors (Lipinski definition) is 7. The molecule has 0 N–H and O–H groups in total. The van der Waals surface area contributed by atoms with Gasteiger partial charge in [-0.3, -0.25) is 4.98 Å². The van der Waals surface area contributed by atoms with Crippen molar-refractivity contribution >= 4 is 39.1 Å². The van der Waals surface area contributed by atoms with Crippen molar-refractivity contribution in [1.82, 2.24) is 19.1 Å². The number of piperidine rings is 1. The predicted molar refractivity (Wildman–Crippen MR) is 187 cm³/mol. The first-order valence-corrected chi connectivity index (χ1v) is 18.8. The average molecular weight is 693 g/mol. The van der Waals surface area contributed by atoms with Crippen LogP contribution in [0.25, 0.3) is 10.6 Å². The quantitative estimate of drug-likeness (QED) is 0.157. The number of carbonyl (C=O) groups excluding carboxylic acids is 1. The Kier molecular flexibility index (Phi) is 10.3. The fourth-order valence-electron chi connectivity index (χ4n) is 6.86. The van der Waals surface area contributed by atoms with E-state index in [-0.39, 0.29) is 30.1 Å². The van der Waals surface area contributed by atoms with Gasteiger partial charge >= 0.3 is 6.09 Å². The Balaban J connectivity index is 1.10. The van der Waals surface area contributed by atoms with Gasteiger partial charge in [0.25, 0.3) is 10.0 Å². The van der Waals surface area contributed by atoms with Crippen LogP contribution in [0.3, 0.4) is 0 Å². The number of rotatable bonds is 12. The Bertz CT molecular complexity index is 1760. The molecular formula is C36H41ClN4O4S2. The fraction of sp³-hybridized carbons (Fsp3) is 0.389. The van der Waals surface area contributed by atoms with Crippen molar-refractivity contribution in [3.63, 3.8) is 0 Å². The minimum atomic E-state index is -3.72. The van der Waals surface area contributed by atoms with E-state index in [1.54, 1.807) is 19.3 Å². The minimum absolute atomic E-state index is 0.134. The van der Waals surface area contributed by atoms with Crippen LogP contribution < -0.4 is 0 Å². The van der Waals surface area contributed by atoms with Crippen LogP contribution in [0.2, 0.25) is 5.02 Å². The first-order chi connectivity index (χ1) is 22.7. The summed E-state index contributed by atoms with van der Waals surface area (Å²) in [5.74, 6) is 0.278. The molecule has 248 valence electrons. The number of halogens is 1. The lowest BCUT2D eigenvalue weighted by Gasteiger charge is -2.38. The standard InChI is InChI=1S/C36H41ClN4O4S2/c1-3-41(35(42)45-25-27-10-5-4-6-11-27)31-17-20-40(21-18-31)24-29-23-36(29,28-12-9-13-30(37)22-28)26-39(2)47(43,44)34-16-15-33(46-34)32-14-7-8-19-38-32/h4-16,19,22,29,31H,3,17-18,20-21,23-26H2,1-2H3/t29-,36+/m0/s1. The van der Waals surface area contributed by atoms with E-state index in [0.29, 0.717) is 22.3 Å². The minimum Gasteiger partial charge on any atom is -0.445 e. The van der Waals surface area contributed by atoms with E-state index in [1.807, 2.05) is 84.6 Å². The van der Waals surface area contributed by atoms with Gasteiger partial charge < -0.3 is 14.5 Å². The van der Waals surface area contributed by atoms with Crippen LogP contribution in [0.5, 0.6) is 0 Å². The second kappa shape index (κ2) is 14.5. The number of thiophene rings is 1. The number of hydrogen-bond donors (Lipinski definition) is 0. The summed E-state index contributed by atoms with van der Waals surface area (Å²) >= 11 is 7.70. The highest BCUT2D eigenvalue weighted by Crippen LogP contribution is 2.56. The fourth-order valence-corrected chi connectivity index (χ4v) is 9.79. The summed E-state index contributed by atoms with van der Waals surface area (Å²) < 4.78 is 35.1. The third kappa shape index (κ3) is 7.57. The van der Waals surface area contributed by atoms with Gasteiger partial charge in [-0.1, -0.05) is 60.1 Å². The first-order valence-electron chi connectivity index (χ1n) is 16.1. The Morgan fingerprint density at radius 1 is 1.04 bits per heavy atom. The van der Waals surface area contributed by atoms with Gasteiger partial charge in [0.1, 0.15) is 10.8 Å². The molecule has 1 saturated heterocycles. The molecule has 0 spiro atoms. The number of amides is 1. The molecule has 6 rings (SSSR count). The summed E-state index contributed by atoms with van der Waals surface area (Å²) in [5.41, 5.74) is 2.48. The van der Waals surface area contributed by atoms with E-state index in [1.165, 1.54) is 15.6 Å². The number of ether oxygens (including phenoxy) is 1. The normalized spacial score (nSPS) is 20.3. The summed E-state index contributed by atoms with van der Waals surface area (Å²) in [6.07, 6.45) is 4.07. The third-order valence-electron chi connectivity index (χ3n) is 9.56. The molecule has 4 aromatic rings. The number of aromatic nitrogens is 1. The maximum absolute atomic E-state index is 13.8. The molecular weight excluding hydrogens is 652 g/mol. The van der Waals surface area contributed by atoms with Crippen LogP contribution in [0.4, 0.5) is 4.79 Å². The summed E-state index contributed by atoms with van der Waals surface area (Å²) in [4.78, 5) is 22.5. The number of nitrogens with zero attached hydrogens (tertiary/aromatic N) is 4. The molecule has 0 radical (unpaired) electrons. The van der Waals surface area contributed by atoms with E-state index in [0.717, 1.165) is 60.6 Å². The molecule has 2 aromatic carbocycles. The van der Waals surface area contributed by atoms with Crippen molar-refractivity contribution in [1.29, 1.82) is 0 Å². The van der Waals surface area contributed by atoms with Gasteiger partial charge in [0, 0.05) is 62.4 Å². The highest BCUT2D eigenvalue weighted by atomic mass is 35.5. The van der Waals surface area contributed by atoms with Crippen LogP contribution in [0, 0.1) is 5.92 Å². The zero-order chi connectivity index (χ0) is 33.0. The topological polar surface area (TPSA) is 83.0 Å². The van der Waals surface area contributed by atoms with Crippen molar-refractivity contribution < 1.29 is 17.9 Å². The third-order valence-corrected chi connectivity index (χ3v) is 13.2. The lowest BCUT2D eigenvalue weighted by atomic mass is 9.92. The molecule has 11 heteroatoms. The number of carbonyl (C=O) groups is 1. The lowest BCUT2D eigenvalue weighted by Crippen LogP contribution is -2.48. The SMILES string of the molecule is CCN(C(=O)OCc1ccccc1)C1CCN(C[C@@H]2C[C@@]2(CN(C)S(=O)(=O)c2ccc(-c3ccccn3)s2)c2cccc(Cl)c2)CC1. The molecule has 2 aromatic heterocycles. The van der Waals surface area contributed by atoms with E-state index < -0.39 is 10.0 Å². The molecule has 2 aliphatic rings. The molecule has 1 amide bonds. The van der Waals surface area contributed by atoms with Crippen LogP contribution >= 0.6 is 22.9 Å². The summed E-state index contributed by atoms with van der Waals surface area (Å²) in [6.45, 7) is 5.84. The number of likely N-dealkylation sites (tertiary alicyclic amines) is 1. The molecule has 0 unspecified atom stereocenters. The number of pyridine rings is 1. The molecule has 8 nitrogen and oxygen atoms in total. The van der Waals surface area contributed by atoms with Gasteiger partial charge in [-0.05, 0) is 79.6 Å². The van der Waals surface area contributed by atoms with Gasteiger partial charge in [-0.2, -0.15) is 4.31 Å². The zero-order valence-electron chi connectivity index (χ0n) is 26.8. The molecule has 0 bridgehead atoms. The van der Waals surface area contributed by atoms with Gasteiger partial charge in [0.15, 0.2) is 0 Å². The van der Waals surface area contributed by atoms with Gasteiger partial charge in [-0.15, -0.1) is 11.3 Å². The second-order valence-corrected chi connectivity index (χ2v) is 16.3. The number of likely N-dealkylation sites (N-methyl/N-ethyl adjacent to an activating group) is 1. The molecule has 1 aliphatic heterocycles. The average Bonchev–Trinajstić information content (AvgIpc) is 3.52. The molecule has 47 heavy (non-hydrogen) atoms. The molecule has 2 fully saturated rings. The number of sulfonamides is 1. The molecule has 3 heterocycles. The highest BCUT2D eigenvalue weighted by molar-refractivity contribution is 7.91. The molecule has 2 atom stereocenters. The van der Waals surface area contributed by atoms with Crippen molar-refractivity contribution in [3.8, 4) is 10.6 Å². The van der Waals surface area contributed by atoms with Crippen LogP contribution in [-0.4, -0.2) is 79.4 Å². The maximum atomic E-state index is 13.8. The second-order valence-electron chi connectivity index (χ2n) is 12.5. The molecule has 1 aliphatic carbocycles. The largest absolute Gasteiger partial charge is 0.445 e. The lowest BCUT2D eigenvalue weighted by molar-refractivity contribution is 0.0620. The summed E-state index contributed by atoms with van der Waals surface area (Å²) in [7, 11) is -2.04. The van der Waals surface area contributed by atoms with Gasteiger partial charge in [0.2, 0.25) is 0 Å². The first kappa shape index (κ1) is 33.6. The van der Waals surface area contributed by atoms with Gasteiger partial charge in [0.05, 0.1) is 10.6 Å². The zero-order valence-corrected chi connectivity index (χ0v) is 29.2. The summed E-state index contributed by atoms with van der Waals surface area (Å²) in [6, 6.07) is 26.9. The Morgan fingerprint density at radius 3 is 2.51 bits per heavy atom. The highest BCUT2D eigenvalue weighted by Gasteiger charge is 2.57. The van der Waals surface area contributed by atoms with Crippen molar-refractivity contribution in [2.75, 3.05) is 39.8 Å². The Labute approximate surface area is 287 Å². The van der Waals surface area contributed by atoms with Crippen molar-refractivity contribution in [3.05, 3.63) is 107 Å². The Morgan fingerprint density at radius 2 is 1.81 bits per heavy atom. The predicted octanol–water partition coefficient (Wildman–Crippen LogP) is 7.17. The maximum Gasteiger partial charge on any atom is 0.410 e. The van der Waals surface area contributed by atoms with Crippen LogP contribution in [0.1, 0.15) is 37.3 Å². The van der Waals surface area contributed by atoms with E-state index in [9.17, 15) is 13.2 Å². The van der Waals surface area contributed by atoms with Crippen LogP contribution in [0.15, 0.2) is 95.3 Å². The van der Waals surface area contributed by atoms with E-state index in [4.69, 9.17) is 16.3 Å². The van der Waals surface area contributed by atoms with Crippen molar-refractivity contribution in [2.45, 2.75) is 48.5 Å². The summed E-state index contributed by atoms with van der Waals surface area (Å²) in [5, 5.41) is 0.649. The van der Waals surface area contributed by atoms with Gasteiger partial charge in [-0.25, -0.2) is 13.2 Å². The van der Waals surface area contributed by atoms with E-state index >= 15 is 0 Å².